The Morgan fingerprint density at radius 3 is 2.40 bits per heavy atom. The predicted molar refractivity (Wildman–Crippen MR) is 116 cm³/mol. The lowest BCUT2D eigenvalue weighted by molar-refractivity contribution is -0.122. The Balaban J connectivity index is 1.62. The number of benzene rings is 2. The molecule has 0 bridgehead atoms. The quantitative estimate of drug-likeness (QED) is 0.611. The second kappa shape index (κ2) is 9.21. The molecule has 156 valence electrons. The number of carbonyl (C=O) groups excluding carboxylic acids is 1. The van der Waals surface area contributed by atoms with E-state index in [9.17, 15) is 9.18 Å². The highest BCUT2D eigenvalue weighted by atomic mass is 19.1. The average Bonchev–Trinajstić information content (AvgIpc) is 2.70. The maximum atomic E-state index is 13.7. The number of carbonyl (C=O) groups is 1. The first-order valence-electron chi connectivity index (χ1n) is 9.44. The van der Waals surface area contributed by atoms with E-state index in [1.807, 2.05) is 32.0 Å². The molecule has 1 atom stereocenters. The van der Waals surface area contributed by atoms with E-state index < -0.39 is 11.9 Å². The highest BCUT2D eigenvalue weighted by molar-refractivity contribution is 5.94. The Hall–Kier alpha value is -3.68. The molecule has 0 aliphatic carbocycles. The Labute approximate surface area is 174 Å². The summed E-state index contributed by atoms with van der Waals surface area (Å²) in [6.45, 7) is 3.47. The third-order valence-electron chi connectivity index (χ3n) is 4.22. The summed E-state index contributed by atoms with van der Waals surface area (Å²) in [6, 6.07) is 15.0. The predicted octanol–water partition coefficient (Wildman–Crippen LogP) is 4.14. The van der Waals surface area contributed by atoms with Crippen molar-refractivity contribution in [2.45, 2.75) is 20.0 Å². The fourth-order valence-corrected chi connectivity index (χ4v) is 2.63. The van der Waals surface area contributed by atoms with Crippen molar-refractivity contribution in [3.05, 3.63) is 66.1 Å². The van der Waals surface area contributed by atoms with Gasteiger partial charge in [-0.1, -0.05) is 12.1 Å². The number of hydrogen-bond donors (Lipinski definition) is 2. The number of nitrogens with zero attached hydrogens (tertiary/aromatic N) is 3. The topological polar surface area (TPSA) is 79.4 Å². The maximum absolute atomic E-state index is 13.7. The van der Waals surface area contributed by atoms with Crippen molar-refractivity contribution in [1.29, 1.82) is 0 Å². The minimum atomic E-state index is -0.857. The zero-order valence-corrected chi connectivity index (χ0v) is 17.3. The van der Waals surface area contributed by atoms with Gasteiger partial charge in [0.2, 0.25) is 5.95 Å². The van der Waals surface area contributed by atoms with E-state index in [2.05, 4.69) is 20.6 Å². The van der Waals surface area contributed by atoms with E-state index in [0.29, 0.717) is 11.6 Å². The molecule has 8 heteroatoms. The molecule has 0 saturated heterocycles. The van der Waals surface area contributed by atoms with Gasteiger partial charge in [0.15, 0.2) is 17.7 Å². The van der Waals surface area contributed by atoms with E-state index in [-0.39, 0.29) is 11.7 Å². The molecule has 30 heavy (non-hydrogen) atoms. The molecule has 0 aliphatic rings. The fraction of sp³-hybridized carbons (Fsp3) is 0.227. The van der Waals surface area contributed by atoms with Crippen LogP contribution in [-0.4, -0.2) is 36.1 Å². The molecule has 0 fully saturated rings. The second-order valence-electron chi connectivity index (χ2n) is 6.97. The van der Waals surface area contributed by atoms with Gasteiger partial charge in [0.05, 0.1) is 0 Å². The highest BCUT2D eigenvalue weighted by Crippen LogP contribution is 2.20. The van der Waals surface area contributed by atoms with Crippen LogP contribution in [0.25, 0.3) is 0 Å². The Kier molecular flexibility index (Phi) is 6.46. The summed E-state index contributed by atoms with van der Waals surface area (Å²) in [5.41, 5.74) is 2.22. The lowest BCUT2D eigenvalue weighted by Crippen LogP contribution is -2.30. The van der Waals surface area contributed by atoms with E-state index >= 15 is 0 Å². The maximum Gasteiger partial charge on any atom is 0.265 e. The lowest BCUT2D eigenvalue weighted by Gasteiger charge is -2.16. The Morgan fingerprint density at radius 1 is 1.07 bits per heavy atom. The van der Waals surface area contributed by atoms with Crippen LogP contribution >= 0.6 is 0 Å². The summed E-state index contributed by atoms with van der Waals surface area (Å²) in [5.74, 6) is 0.440. The third-order valence-corrected chi connectivity index (χ3v) is 4.22. The number of anilines is 4. The van der Waals surface area contributed by atoms with Crippen LogP contribution in [0.4, 0.5) is 27.5 Å². The molecule has 3 aromatic rings. The minimum absolute atomic E-state index is 0.0370. The minimum Gasteiger partial charge on any atom is -0.478 e. The van der Waals surface area contributed by atoms with Gasteiger partial charge < -0.3 is 20.3 Å². The molecule has 1 aromatic heterocycles. The number of hydrogen-bond acceptors (Lipinski definition) is 6. The van der Waals surface area contributed by atoms with Crippen LogP contribution < -0.4 is 20.3 Å². The van der Waals surface area contributed by atoms with Gasteiger partial charge in [0.25, 0.3) is 5.91 Å². The van der Waals surface area contributed by atoms with Gasteiger partial charge in [0.1, 0.15) is 5.82 Å². The molecule has 0 radical (unpaired) electrons. The number of aryl methyl sites for hydroxylation is 1. The van der Waals surface area contributed by atoms with Crippen LogP contribution in [-0.2, 0) is 4.79 Å². The van der Waals surface area contributed by atoms with Crippen LogP contribution in [0.5, 0.6) is 5.75 Å². The molecule has 0 spiro atoms. The van der Waals surface area contributed by atoms with Gasteiger partial charge >= 0.3 is 0 Å². The number of rotatable bonds is 7. The zero-order chi connectivity index (χ0) is 21.7. The molecule has 7 nitrogen and oxygen atoms in total. The van der Waals surface area contributed by atoms with Gasteiger partial charge in [-0.05, 0) is 50.2 Å². The smallest absolute Gasteiger partial charge is 0.265 e. The summed E-state index contributed by atoms with van der Waals surface area (Å²) < 4.78 is 19.1. The number of amides is 1. The van der Waals surface area contributed by atoms with Crippen molar-refractivity contribution < 1.29 is 13.9 Å². The lowest BCUT2D eigenvalue weighted by atomic mass is 10.2. The molecule has 0 aliphatic heterocycles. The van der Waals surface area contributed by atoms with Gasteiger partial charge in [0, 0.05) is 37.2 Å². The summed E-state index contributed by atoms with van der Waals surface area (Å²) in [4.78, 5) is 23.1. The standard InChI is InChI=1S/C22H24FN5O2/c1-14-13-20(28(3)4)27-22(24-14)26-17-11-9-16(10-12-17)25-21(29)15(2)30-19-8-6-5-7-18(19)23/h5-13,15H,1-4H3,(H,25,29)(H,24,26,27)/t15-/m0/s1. The second-order valence-corrected chi connectivity index (χ2v) is 6.97. The fourth-order valence-electron chi connectivity index (χ4n) is 2.63. The van der Waals surface area contributed by atoms with Crippen molar-refractivity contribution in [3.63, 3.8) is 0 Å². The molecule has 2 aromatic carbocycles. The van der Waals surface area contributed by atoms with Gasteiger partial charge in [-0.3, -0.25) is 4.79 Å². The van der Waals surface area contributed by atoms with Crippen LogP contribution in [0.1, 0.15) is 12.6 Å². The van der Waals surface area contributed by atoms with Gasteiger partial charge in [-0.15, -0.1) is 0 Å². The molecular formula is C22H24FN5O2. The number of nitrogens with one attached hydrogen (secondary N) is 2. The van der Waals surface area contributed by atoms with E-state index in [1.54, 1.807) is 43.3 Å². The number of halogens is 1. The number of aromatic nitrogens is 2. The molecule has 0 saturated carbocycles. The Morgan fingerprint density at radius 2 is 1.73 bits per heavy atom. The third kappa shape index (κ3) is 5.44. The summed E-state index contributed by atoms with van der Waals surface area (Å²) in [6.07, 6.45) is -0.857. The average molecular weight is 409 g/mol. The SMILES string of the molecule is Cc1cc(N(C)C)nc(Nc2ccc(NC(=O)[C@H](C)Oc3ccccc3F)cc2)n1. The van der Waals surface area contributed by atoms with Crippen molar-refractivity contribution in [3.8, 4) is 5.75 Å². The molecule has 0 unspecified atom stereocenters. The Bertz CT molecular complexity index is 1020. The van der Waals surface area contributed by atoms with Crippen molar-refractivity contribution in [1.82, 2.24) is 9.97 Å². The molecule has 2 N–H and O–H groups in total. The largest absolute Gasteiger partial charge is 0.478 e. The van der Waals surface area contributed by atoms with E-state index in [0.717, 1.165) is 17.2 Å². The molecule has 3 rings (SSSR count). The number of ether oxygens (including phenoxy) is 1. The highest BCUT2D eigenvalue weighted by Gasteiger charge is 2.16. The van der Waals surface area contributed by atoms with Crippen LogP contribution in [0.3, 0.4) is 0 Å². The van der Waals surface area contributed by atoms with Crippen LogP contribution in [0.15, 0.2) is 54.6 Å². The first kappa shape index (κ1) is 21.0. The molecular weight excluding hydrogens is 385 g/mol. The monoisotopic (exact) mass is 409 g/mol. The van der Waals surface area contributed by atoms with Crippen molar-refractivity contribution in [2.75, 3.05) is 29.6 Å². The van der Waals surface area contributed by atoms with Crippen LogP contribution in [0, 0.1) is 12.7 Å². The first-order chi connectivity index (χ1) is 14.3. The summed E-state index contributed by atoms with van der Waals surface area (Å²) in [7, 11) is 3.83. The summed E-state index contributed by atoms with van der Waals surface area (Å²) in [5, 5.41) is 5.91. The van der Waals surface area contributed by atoms with E-state index in [1.165, 1.54) is 12.1 Å². The van der Waals surface area contributed by atoms with Gasteiger partial charge in [-0.2, -0.15) is 4.98 Å². The van der Waals surface area contributed by atoms with Crippen molar-refractivity contribution >= 4 is 29.0 Å². The van der Waals surface area contributed by atoms with Crippen LogP contribution in [0.2, 0.25) is 0 Å². The summed E-state index contributed by atoms with van der Waals surface area (Å²) >= 11 is 0. The van der Waals surface area contributed by atoms with Crippen molar-refractivity contribution in [2.24, 2.45) is 0 Å². The van der Waals surface area contributed by atoms with Gasteiger partial charge in [-0.25, -0.2) is 9.37 Å². The molecule has 1 heterocycles. The first-order valence-corrected chi connectivity index (χ1v) is 9.44. The normalized spacial score (nSPS) is 11.5. The number of para-hydroxylation sites is 1. The molecule has 1 amide bonds. The van der Waals surface area contributed by atoms with E-state index in [4.69, 9.17) is 4.74 Å². The zero-order valence-electron chi connectivity index (χ0n) is 17.3.